The van der Waals surface area contributed by atoms with Crippen LogP contribution in [0, 0.1) is 5.82 Å². The number of ether oxygens (including phenoxy) is 1. The molecule has 7 heteroatoms. The fraction of sp³-hybridized carbons (Fsp3) is 0.429. The first kappa shape index (κ1) is 15.8. The van der Waals surface area contributed by atoms with Crippen molar-refractivity contribution in [1.82, 2.24) is 9.80 Å². The van der Waals surface area contributed by atoms with Crippen LogP contribution in [0.3, 0.4) is 0 Å². The van der Waals surface area contributed by atoms with E-state index in [4.69, 9.17) is 4.74 Å². The van der Waals surface area contributed by atoms with Crippen LogP contribution in [0.1, 0.15) is 17.3 Å². The monoisotopic (exact) mass is 358 g/mol. The lowest BCUT2D eigenvalue weighted by atomic mass is 10.1. The van der Waals surface area contributed by atoms with E-state index in [0.29, 0.717) is 37.3 Å². The van der Waals surface area contributed by atoms with Gasteiger partial charge in [-0.3, -0.25) is 4.79 Å². The number of halogens is 2. The molecule has 0 bridgehead atoms. The summed E-state index contributed by atoms with van der Waals surface area (Å²) in [6.07, 6.45) is -0.376. The molecule has 2 rings (SSSR count). The second-order valence-electron chi connectivity index (χ2n) is 4.60. The number of nitrogens with zero attached hydrogens (tertiary/aromatic N) is 2. The second kappa shape index (κ2) is 6.89. The molecule has 21 heavy (non-hydrogen) atoms. The van der Waals surface area contributed by atoms with Crippen molar-refractivity contribution in [3.8, 4) is 0 Å². The Bertz CT molecular complexity index is 545. The maximum Gasteiger partial charge on any atom is 0.409 e. The molecule has 0 aromatic heterocycles. The molecule has 0 N–H and O–H groups in total. The van der Waals surface area contributed by atoms with Crippen LogP contribution in [0.5, 0.6) is 0 Å². The molecule has 2 amide bonds. The number of benzene rings is 1. The van der Waals surface area contributed by atoms with Crippen molar-refractivity contribution in [1.29, 1.82) is 0 Å². The summed E-state index contributed by atoms with van der Waals surface area (Å²) in [5.74, 6) is -0.911. The molecule has 1 fully saturated rings. The standard InChI is InChI=1S/C14H16BrFN2O3/c1-2-21-14(20)18-7-5-17(6-8-18)13(19)11-4-3-10(15)9-12(11)16/h3-4,9H,2,5-8H2,1H3. The topological polar surface area (TPSA) is 49.9 Å². The first-order chi connectivity index (χ1) is 10.0. The highest BCUT2D eigenvalue weighted by Gasteiger charge is 2.26. The summed E-state index contributed by atoms with van der Waals surface area (Å²) in [5.41, 5.74) is 0.0442. The van der Waals surface area contributed by atoms with E-state index in [1.165, 1.54) is 12.1 Å². The first-order valence-electron chi connectivity index (χ1n) is 6.69. The zero-order chi connectivity index (χ0) is 15.4. The lowest BCUT2D eigenvalue weighted by molar-refractivity contribution is 0.0566. The van der Waals surface area contributed by atoms with Gasteiger partial charge in [0.05, 0.1) is 12.2 Å². The first-order valence-corrected chi connectivity index (χ1v) is 7.48. The van der Waals surface area contributed by atoms with Gasteiger partial charge >= 0.3 is 6.09 Å². The average Bonchev–Trinajstić information content (AvgIpc) is 2.47. The highest BCUT2D eigenvalue weighted by Crippen LogP contribution is 2.17. The van der Waals surface area contributed by atoms with Gasteiger partial charge in [0.15, 0.2) is 0 Å². The van der Waals surface area contributed by atoms with Crippen LogP contribution < -0.4 is 0 Å². The van der Waals surface area contributed by atoms with Gasteiger partial charge < -0.3 is 14.5 Å². The molecule has 1 aromatic carbocycles. The minimum Gasteiger partial charge on any atom is -0.450 e. The van der Waals surface area contributed by atoms with Crippen LogP contribution >= 0.6 is 15.9 Å². The maximum atomic E-state index is 13.8. The van der Waals surface area contributed by atoms with Gasteiger partial charge in [0.1, 0.15) is 5.82 Å². The van der Waals surface area contributed by atoms with Gasteiger partial charge in [-0.1, -0.05) is 15.9 Å². The Hall–Kier alpha value is -1.63. The Labute approximate surface area is 130 Å². The van der Waals surface area contributed by atoms with Gasteiger partial charge in [-0.2, -0.15) is 0 Å². The van der Waals surface area contributed by atoms with Gasteiger partial charge in [0.25, 0.3) is 5.91 Å². The van der Waals surface area contributed by atoms with E-state index < -0.39 is 5.82 Å². The van der Waals surface area contributed by atoms with E-state index in [0.717, 1.165) is 0 Å². The van der Waals surface area contributed by atoms with Gasteiger partial charge in [-0.05, 0) is 25.1 Å². The summed E-state index contributed by atoms with van der Waals surface area (Å²) in [7, 11) is 0. The quantitative estimate of drug-likeness (QED) is 0.815. The Morgan fingerprint density at radius 2 is 1.86 bits per heavy atom. The number of amides is 2. The summed E-state index contributed by atoms with van der Waals surface area (Å²) in [4.78, 5) is 26.9. The van der Waals surface area contributed by atoms with Crippen LogP contribution in [-0.2, 0) is 4.74 Å². The normalized spacial score (nSPS) is 15.0. The molecule has 1 saturated heterocycles. The molecule has 0 atom stereocenters. The van der Waals surface area contributed by atoms with Crippen molar-refractivity contribution in [3.63, 3.8) is 0 Å². The highest BCUT2D eigenvalue weighted by atomic mass is 79.9. The predicted octanol–water partition coefficient (Wildman–Crippen LogP) is 2.50. The molecule has 0 radical (unpaired) electrons. The molecule has 114 valence electrons. The zero-order valence-corrected chi connectivity index (χ0v) is 13.2. The number of piperazine rings is 1. The zero-order valence-electron chi connectivity index (χ0n) is 11.6. The summed E-state index contributed by atoms with van der Waals surface area (Å²) in [6, 6.07) is 4.35. The Balaban J connectivity index is 1.98. The third-order valence-electron chi connectivity index (χ3n) is 3.25. The molecule has 0 unspecified atom stereocenters. The van der Waals surface area contributed by atoms with Gasteiger partial charge in [-0.25, -0.2) is 9.18 Å². The highest BCUT2D eigenvalue weighted by molar-refractivity contribution is 9.10. The van der Waals surface area contributed by atoms with Crippen molar-refractivity contribution in [3.05, 3.63) is 34.1 Å². The van der Waals surface area contributed by atoms with Crippen LogP contribution in [0.2, 0.25) is 0 Å². The lowest BCUT2D eigenvalue weighted by Crippen LogP contribution is -2.50. The maximum absolute atomic E-state index is 13.8. The molecule has 0 aliphatic carbocycles. The minimum atomic E-state index is -0.554. The van der Waals surface area contributed by atoms with Crippen LogP contribution in [-0.4, -0.2) is 54.6 Å². The Kier molecular flexibility index (Phi) is 5.17. The van der Waals surface area contributed by atoms with Gasteiger partial charge in [0, 0.05) is 30.7 Å². The minimum absolute atomic E-state index is 0.0442. The van der Waals surface area contributed by atoms with E-state index in [9.17, 15) is 14.0 Å². The summed E-state index contributed by atoms with van der Waals surface area (Å²) in [6.45, 7) is 3.59. The summed E-state index contributed by atoms with van der Waals surface area (Å²) in [5, 5.41) is 0. The second-order valence-corrected chi connectivity index (χ2v) is 5.52. The van der Waals surface area contributed by atoms with E-state index in [-0.39, 0.29) is 17.6 Å². The van der Waals surface area contributed by atoms with E-state index in [1.807, 2.05) is 0 Å². The molecule has 1 aliphatic rings. The molecule has 1 aliphatic heterocycles. The number of hydrogen-bond acceptors (Lipinski definition) is 3. The summed E-state index contributed by atoms with van der Waals surface area (Å²) >= 11 is 3.16. The Morgan fingerprint density at radius 1 is 1.24 bits per heavy atom. The third-order valence-corrected chi connectivity index (χ3v) is 3.75. The van der Waals surface area contributed by atoms with E-state index >= 15 is 0 Å². The molecular formula is C14H16BrFN2O3. The predicted molar refractivity (Wildman–Crippen MR) is 78.6 cm³/mol. The van der Waals surface area contributed by atoms with Crippen molar-refractivity contribution in [2.75, 3.05) is 32.8 Å². The largest absolute Gasteiger partial charge is 0.450 e. The Morgan fingerprint density at radius 3 is 2.43 bits per heavy atom. The number of carbonyl (C=O) groups is 2. The molecule has 1 aromatic rings. The van der Waals surface area contributed by atoms with Crippen molar-refractivity contribution >= 4 is 27.9 Å². The molecular weight excluding hydrogens is 343 g/mol. The fourth-order valence-electron chi connectivity index (χ4n) is 2.14. The number of hydrogen-bond donors (Lipinski definition) is 0. The van der Waals surface area contributed by atoms with Gasteiger partial charge in [0.2, 0.25) is 0 Å². The molecule has 0 spiro atoms. The number of rotatable bonds is 2. The molecule has 5 nitrogen and oxygen atoms in total. The van der Waals surface area contributed by atoms with Crippen molar-refractivity contribution in [2.24, 2.45) is 0 Å². The van der Waals surface area contributed by atoms with Crippen LogP contribution in [0.4, 0.5) is 9.18 Å². The van der Waals surface area contributed by atoms with Crippen LogP contribution in [0.25, 0.3) is 0 Å². The SMILES string of the molecule is CCOC(=O)N1CCN(C(=O)c2ccc(Br)cc2F)CC1. The van der Waals surface area contributed by atoms with E-state index in [1.54, 1.807) is 22.8 Å². The van der Waals surface area contributed by atoms with Crippen molar-refractivity contribution in [2.45, 2.75) is 6.92 Å². The average molecular weight is 359 g/mol. The van der Waals surface area contributed by atoms with Crippen LogP contribution in [0.15, 0.2) is 22.7 Å². The smallest absolute Gasteiger partial charge is 0.409 e. The number of carbonyl (C=O) groups excluding carboxylic acids is 2. The third kappa shape index (κ3) is 3.72. The lowest BCUT2D eigenvalue weighted by Gasteiger charge is -2.34. The molecule has 1 heterocycles. The van der Waals surface area contributed by atoms with Gasteiger partial charge in [-0.15, -0.1) is 0 Å². The van der Waals surface area contributed by atoms with Crippen molar-refractivity contribution < 1.29 is 18.7 Å². The van der Waals surface area contributed by atoms with E-state index in [2.05, 4.69) is 15.9 Å². The fourth-order valence-corrected chi connectivity index (χ4v) is 2.47. The summed E-state index contributed by atoms with van der Waals surface area (Å²) < 4.78 is 19.3. The molecule has 0 saturated carbocycles.